The van der Waals surface area contributed by atoms with Crippen molar-refractivity contribution in [1.82, 2.24) is 0 Å². The molecular weight excluding hydrogens is 194 g/mol. The van der Waals surface area contributed by atoms with Crippen LogP contribution in [0.2, 0.25) is 5.02 Å². The summed E-state index contributed by atoms with van der Waals surface area (Å²) in [7, 11) is 0. The molecule has 0 aliphatic heterocycles. The third-order valence-corrected chi connectivity index (χ3v) is 2.70. The second-order valence-corrected chi connectivity index (χ2v) is 4.16. The van der Waals surface area contributed by atoms with E-state index in [0.717, 1.165) is 17.0 Å². The minimum atomic E-state index is 0.0164. The van der Waals surface area contributed by atoms with Crippen LogP contribution in [0.25, 0.3) is 0 Å². The van der Waals surface area contributed by atoms with Gasteiger partial charge in [-0.2, -0.15) is 0 Å². The molecule has 0 aromatic heterocycles. The lowest BCUT2D eigenvalue weighted by molar-refractivity contribution is 0.789. The monoisotopic (exact) mass is 211 g/mol. The number of aryl methyl sites for hydroxylation is 1. The van der Waals surface area contributed by atoms with E-state index in [1.165, 1.54) is 18.4 Å². The molecule has 0 radical (unpaired) electrons. The van der Waals surface area contributed by atoms with Gasteiger partial charge in [0.2, 0.25) is 0 Å². The van der Waals surface area contributed by atoms with Crippen LogP contribution in [-0.4, -0.2) is 0 Å². The number of unbranched alkanes of at least 4 members (excludes halogenated alkanes) is 1. The SMILES string of the molecule is CCCCc1ccc(C(C)N)c(Cl)c1. The first-order chi connectivity index (χ1) is 6.65. The molecule has 0 aliphatic rings. The number of halogens is 1. The summed E-state index contributed by atoms with van der Waals surface area (Å²) < 4.78 is 0. The fraction of sp³-hybridized carbons (Fsp3) is 0.500. The van der Waals surface area contributed by atoms with Crippen molar-refractivity contribution in [3.05, 3.63) is 34.3 Å². The minimum absolute atomic E-state index is 0.0164. The van der Waals surface area contributed by atoms with E-state index in [-0.39, 0.29) is 6.04 Å². The fourth-order valence-corrected chi connectivity index (χ4v) is 1.85. The molecule has 1 atom stereocenters. The molecule has 0 fully saturated rings. The molecule has 1 aromatic rings. The highest BCUT2D eigenvalue weighted by molar-refractivity contribution is 6.31. The predicted molar refractivity (Wildman–Crippen MR) is 62.7 cm³/mol. The summed E-state index contributed by atoms with van der Waals surface area (Å²) in [6, 6.07) is 6.22. The van der Waals surface area contributed by atoms with Gasteiger partial charge in [0.15, 0.2) is 0 Å². The molecular formula is C12H18ClN. The van der Waals surface area contributed by atoms with Gasteiger partial charge in [-0.25, -0.2) is 0 Å². The van der Waals surface area contributed by atoms with Crippen LogP contribution in [0.3, 0.4) is 0 Å². The van der Waals surface area contributed by atoms with E-state index in [2.05, 4.69) is 13.0 Å². The zero-order valence-corrected chi connectivity index (χ0v) is 9.64. The van der Waals surface area contributed by atoms with E-state index in [9.17, 15) is 0 Å². The van der Waals surface area contributed by atoms with Gasteiger partial charge in [-0.3, -0.25) is 0 Å². The fourth-order valence-electron chi connectivity index (χ4n) is 1.48. The minimum Gasteiger partial charge on any atom is -0.324 e. The number of hydrogen-bond donors (Lipinski definition) is 1. The number of nitrogens with two attached hydrogens (primary N) is 1. The van der Waals surface area contributed by atoms with Crippen LogP contribution in [-0.2, 0) is 6.42 Å². The van der Waals surface area contributed by atoms with E-state index in [1.54, 1.807) is 0 Å². The zero-order chi connectivity index (χ0) is 10.6. The second-order valence-electron chi connectivity index (χ2n) is 3.75. The van der Waals surface area contributed by atoms with Gasteiger partial charge in [0.1, 0.15) is 0 Å². The third kappa shape index (κ3) is 3.00. The third-order valence-electron chi connectivity index (χ3n) is 2.37. The summed E-state index contributed by atoms with van der Waals surface area (Å²) >= 11 is 6.12. The Morgan fingerprint density at radius 2 is 2.14 bits per heavy atom. The van der Waals surface area contributed by atoms with Crippen molar-refractivity contribution in [2.75, 3.05) is 0 Å². The number of benzene rings is 1. The van der Waals surface area contributed by atoms with Gasteiger partial charge in [0.05, 0.1) is 0 Å². The van der Waals surface area contributed by atoms with Gasteiger partial charge in [0, 0.05) is 11.1 Å². The Labute approximate surface area is 91.3 Å². The van der Waals surface area contributed by atoms with Crippen LogP contribution in [0.1, 0.15) is 43.9 Å². The van der Waals surface area contributed by atoms with Crippen LogP contribution >= 0.6 is 11.6 Å². The van der Waals surface area contributed by atoms with Gasteiger partial charge in [0.25, 0.3) is 0 Å². The molecule has 0 amide bonds. The van der Waals surface area contributed by atoms with Crippen LogP contribution in [0.15, 0.2) is 18.2 Å². The summed E-state index contributed by atoms with van der Waals surface area (Å²) in [5, 5.41) is 0.800. The largest absolute Gasteiger partial charge is 0.324 e. The summed E-state index contributed by atoms with van der Waals surface area (Å²) in [6.45, 7) is 4.14. The molecule has 78 valence electrons. The quantitative estimate of drug-likeness (QED) is 0.808. The zero-order valence-electron chi connectivity index (χ0n) is 8.89. The van der Waals surface area contributed by atoms with Gasteiger partial charge in [-0.05, 0) is 37.0 Å². The Morgan fingerprint density at radius 1 is 1.43 bits per heavy atom. The highest BCUT2D eigenvalue weighted by atomic mass is 35.5. The van der Waals surface area contributed by atoms with Crippen molar-refractivity contribution in [2.45, 2.75) is 39.2 Å². The lowest BCUT2D eigenvalue weighted by Gasteiger charge is -2.09. The summed E-state index contributed by atoms with van der Waals surface area (Å²) in [5.74, 6) is 0. The Hall–Kier alpha value is -0.530. The van der Waals surface area contributed by atoms with Crippen LogP contribution in [0.4, 0.5) is 0 Å². The van der Waals surface area contributed by atoms with Crippen molar-refractivity contribution >= 4 is 11.6 Å². The highest BCUT2D eigenvalue weighted by Crippen LogP contribution is 2.23. The topological polar surface area (TPSA) is 26.0 Å². The van der Waals surface area contributed by atoms with Gasteiger partial charge in [-0.15, -0.1) is 0 Å². The van der Waals surface area contributed by atoms with E-state index < -0.39 is 0 Å². The molecule has 0 saturated heterocycles. The Morgan fingerprint density at radius 3 is 2.64 bits per heavy atom. The van der Waals surface area contributed by atoms with Crippen molar-refractivity contribution < 1.29 is 0 Å². The molecule has 0 saturated carbocycles. The predicted octanol–water partition coefficient (Wildman–Crippen LogP) is 3.70. The second kappa shape index (κ2) is 5.38. The van der Waals surface area contributed by atoms with E-state index >= 15 is 0 Å². The molecule has 1 rings (SSSR count). The Bertz CT molecular complexity index is 294. The standard InChI is InChI=1S/C12H18ClN/c1-3-4-5-10-6-7-11(9(2)14)12(13)8-10/h6-9H,3-5,14H2,1-2H3. The summed E-state index contributed by atoms with van der Waals surface area (Å²) in [5.41, 5.74) is 8.12. The van der Waals surface area contributed by atoms with E-state index in [4.69, 9.17) is 17.3 Å². The maximum atomic E-state index is 6.12. The molecule has 2 heteroatoms. The van der Waals surface area contributed by atoms with Crippen molar-refractivity contribution in [3.8, 4) is 0 Å². The maximum Gasteiger partial charge on any atom is 0.0456 e. The van der Waals surface area contributed by atoms with Crippen LogP contribution in [0, 0.1) is 0 Å². The van der Waals surface area contributed by atoms with E-state index in [0.29, 0.717) is 0 Å². The van der Waals surface area contributed by atoms with Crippen molar-refractivity contribution in [3.63, 3.8) is 0 Å². The average molecular weight is 212 g/mol. The molecule has 0 aliphatic carbocycles. The first-order valence-corrected chi connectivity index (χ1v) is 5.56. The molecule has 1 aromatic carbocycles. The molecule has 14 heavy (non-hydrogen) atoms. The molecule has 2 N–H and O–H groups in total. The van der Waals surface area contributed by atoms with Gasteiger partial charge < -0.3 is 5.73 Å². The van der Waals surface area contributed by atoms with Gasteiger partial charge in [-0.1, -0.05) is 37.1 Å². The lowest BCUT2D eigenvalue weighted by Crippen LogP contribution is -2.05. The summed E-state index contributed by atoms with van der Waals surface area (Å²) in [4.78, 5) is 0. The lowest BCUT2D eigenvalue weighted by atomic mass is 10.0. The normalized spacial score (nSPS) is 12.9. The number of rotatable bonds is 4. The first kappa shape index (κ1) is 11.5. The maximum absolute atomic E-state index is 6.12. The van der Waals surface area contributed by atoms with Gasteiger partial charge >= 0.3 is 0 Å². The molecule has 0 bridgehead atoms. The Kier molecular flexibility index (Phi) is 4.43. The van der Waals surface area contributed by atoms with Crippen molar-refractivity contribution in [1.29, 1.82) is 0 Å². The van der Waals surface area contributed by atoms with Crippen molar-refractivity contribution in [2.24, 2.45) is 5.73 Å². The molecule has 0 spiro atoms. The van der Waals surface area contributed by atoms with Crippen LogP contribution < -0.4 is 5.73 Å². The smallest absolute Gasteiger partial charge is 0.0456 e. The molecule has 1 unspecified atom stereocenters. The molecule has 0 heterocycles. The Balaban J connectivity index is 2.78. The molecule has 1 nitrogen and oxygen atoms in total. The average Bonchev–Trinajstić information content (AvgIpc) is 2.14. The number of hydrogen-bond acceptors (Lipinski definition) is 1. The van der Waals surface area contributed by atoms with E-state index in [1.807, 2.05) is 19.1 Å². The summed E-state index contributed by atoms with van der Waals surface area (Å²) in [6.07, 6.45) is 3.54. The van der Waals surface area contributed by atoms with Crippen LogP contribution in [0.5, 0.6) is 0 Å². The highest BCUT2D eigenvalue weighted by Gasteiger charge is 2.05. The first-order valence-electron chi connectivity index (χ1n) is 5.19.